The third-order valence-corrected chi connectivity index (χ3v) is 6.34. The number of furan rings is 1. The Morgan fingerprint density at radius 2 is 1.97 bits per heavy atom. The molecule has 1 N–H and O–H groups in total. The zero-order chi connectivity index (χ0) is 25.6. The lowest BCUT2D eigenvalue weighted by atomic mass is 10.1. The molecular formula is C29H32FN3O4. The zero-order valence-electron chi connectivity index (χ0n) is 20.9. The quantitative estimate of drug-likeness (QED) is 0.262. The van der Waals surface area contributed by atoms with Gasteiger partial charge in [-0.1, -0.05) is 36.4 Å². The van der Waals surface area contributed by atoms with Crippen molar-refractivity contribution in [3.05, 3.63) is 90.1 Å². The third-order valence-electron chi connectivity index (χ3n) is 6.34. The van der Waals surface area contributed by atoms with Gasteiger partial charge >= 0.3 is 0 Å². The zero-order valence-corrected chi connectivity index (χ0v) is 20.9. The molecule has 1 saturated carbocycles. The van der Waals surface area contributed by atoms with Gasteiger partial charge in [0.1, 0.15) is 29.6 Å². The van der Waals surface area contributed by atoms with Crippen LogP contribution in [0.2, 0.25) is 0 Å². The summed E-state index contributed by atoms with van der Waals surface area (Å²) in [6.07, 6.45) is 3.31. The molecule has 5 rings (SSSR count). The molecule has 8 heteroatoms. The molecule has 194 valence electrons. The van der Waals surface area contributed by atoms with E-state index in [4.69, 9.17) is 19.0 Å². The average Bonchev–Trinajstić information content (AvgIpc) is 3.45. The highest BCUT2D eigenvalue weighted by molar-refractivity contribution is 5.65. The summed E-state index contributed by atoms with van der Waals surface area (Å²) in [6.45, 7) is 2.34. The van der Waals surface area contributed by atoms with Crippen LogP contribution in [-0.4, -0.2) is 45.6 Å². The summed E-state index contributed by atoms with van der Waals surface area (Å²) in [4.78, 5) is 2.24. The van der Waals surface area contributed by atoms with E-state index in [1.165, 1.54) is 25.0 Å². The van der Waals surface area contributed by atoms with E-state index in [-0.39, 0.29) is 12.4 Å². The number of rotatable bonds is 13. The van der Waals surface area contributed by atoms with Crippen molar-refractivity contribution >= 4 is 0 Å². The van der Waals surface area contributed by atoms with Gasteiger partial charge in [-0.05, 0) is 43.0 Å². The van der Waals surface area contributed by atoms with Crippen LogP contribution in [0.4, 0.5) is 4.39 Å². The summed E-state index contributed by atoms with van der Waals surface area (Å²) < 4.78 is 32.7. The predicted molar refractivity (Wildman–Crippen MR) is 137 cm³/mol. The Morgan fingerprint density at radius 3 is 2.70 bits per heavy atom. The fourth-order valence-electron chi connectivity index (χ4n) is 4.43. The molecule has 7 nitrogen and oxygen atoms in total. The van der Waals surface area contributed by atoms with Gasteiger partial charge in [0.05, 0.1) is 24.5 Å². The monoisotopic (exact) mass is 505 g/mol. The summed E-state index contributed by atoms with van der Waals surface area (Å²) in [5.74, 6) is 1.93. The van der Waals surface area contributed by atoms with Crippen LogP contribution in [0.15, 0.2) is 77.4 Å². The number of aliphatic hydroxyl groups is 1. The van der Waals surface area contributed by atoms with E-state index >= 15 is 0 Å². The molecule has 2 heterocycles. The number of ether oxygens (including phenoxy) is 2. The number of benzene rings is 2. The average molecular weight is 506 g/mol. The van der Waals surface area contributed by atoms with E-state index in [1.807, 2.05) is 49.5 Å². The second-order valence-electron chi connectivity index (χ2n) is 9.57. The highest BCUT2D eigenvalue weighted by Crippen LogP contribution is 2.36. The van der Waals surface area contributed by atoms with Gasteiger partial charge in [0.2, 0.25) is 5.88 Å². The van der Waals surface area contributed by atoms with Crippen molar-refractivity contribution in [2.24, 2.45) is 13.0 Å². The number of hydrogen-bond acceptors (Lipinski definition) is 6. The van der Waals surface area contributed by atoms with E-state index < -0.39 is 6.10 Å². The second kappa shape index (κ2) is 11.7. The molecule has 0 aliphatic heterocycles. The molecule has 0 saturated heterocycles. The van der Waals surface area contributed by atoms with Crippen LogP contribution in [-0.2, 0) is 24.9 Å². The Balaban J connectivity index is 1.37. The van der Waals surface area contributed by atoms with Crippen LogP contribution in [0.25, 0.3) is 11.3 Å². The van der Waals surface area contributed by atoms with Crippen LogP contribution in [0.1, 0.15) is 24.2 Å². The Kier molecular flexibility index (Phi) is 7.99. The number of aromatic nitrogens is 2. The van der Waals surface area contributed by atoms with Crippen LogP contribution in [0.5, 0.6) is 11.6 Å². The number of aryl methyl sites for hydroxylation is 1. The standard InChI is InChI=1S/C29H32FN3O4/c1-32-29(37-25-10-5-9-23(30)15-25)27(28(31-32)22-7-3-2-4-8-22)18-33(16-21-12-13-21)17-24(34)19-35-20-26-11-6-14-36-26/h2-11,14-15,21,24,34H,12-13,16-20H2,1H3. The van der Waals surface area contributed by atoms with Gasteiger partial charge in [-0.25, -0.2) is 9.07 Å². The predicted octanol–water partition coefficient (Wildman–Crippen LogP) is 5.40. The Labute approximate surface area is 216 Å². The number of nitrogens with zero attached hydrogens (tertiary/aromatic N) is 3. The molecule has 2 aromatic heterocycles. The number of halogens is 1. The van der Waals surface area contributed by atoms with E-state index in [0.717, 1.165) is 29.1 Å². The molecule has 1 unspecified atom stereocenters. The van der Waals surface area contributed by atoms with E-state index in [2.05, 4.69) is 4.90 Å². The van der Waals surface area contributed by atoms with Crippen molar-refractivity contribution in [2.45, 2.75) is 32.1 Å². The van der Waals surface area contributed by atoms with Gasteiger partial charge in [0, 0.05) is 38.3 Å². The van der Waals surface area contributed by atoms with Crippen molar-refractivity contribution in [3.8, 4) is 22.9 Å². The first-order valence-electron chi connectivity index (χ1n) is 12.6. The van der Waals surface area contributed by atoms with Crippen LogP contribution < -0.4 is 4.74 Å². The van der Waals surface area contributed by atoms with Crippen molar-refractivity contribution in [3.63, 3.8) is 0 Å². The first-order chi connectivity index (χ1) is 18.0. The Bertz CT molecular complexity index is 1270. The molecule has 0 radical (unpaired) electrons. The van der Waals surface area contributed by atoms with Gasteiger partial charge in [0.25, 0.3) is 0 Å². The fraction of sp³-hybridized carbons (Fsp3) is 0.345. The minimum atomic E-state index is -0.668. The first-order valence-corrected chi connectivity index (χ1v) is 12.6. The molecule has 4 aromatic rings. The highest BCUT2D eigenvalue weighted by atomic mass is 19.1. The minimum Gasteiger partial charge on any atom is -0.467 e. The lowest BCUT2D eigenvalue weighted by Crippen LogP contribution is -2.36. The number of hydrogen-bond donors (Lipinski definition) is 1. The highest BCUT2D eigenvalue weighted by Gasteiger charge is 2.28. The topological polar surface area (TPSA) is 72.9 Å². The second-order valence-corrected chi connectivity index (χ2v) is 9.57. The maximum Gasteiger partial charge on any atom is 0.222 e. The van der Waals surface area contributed by atoms with Gasteiger partial charge < -0.3 is 19.0 Å². The molecule has 37 heavy (non-hydrogen) atoms. The van der Waals surface area contributed by atoms with E-state index in [1.54, 1.807) is 23.1 Å². The van der Waals surface area contributed by atoms with E-state index in [9.17, 15) is 9.50 Å². The summed E-state index contributed by atoms with van der Waals surface area (Å²) in [5.41, 5.74) is 2.66. The molecule has 2 aromatic carbocycles. The molecule has 0 bridgehead atoms. The van der Waals surface area contributed by atoms with Gasteiger partial charge in [-0.2, -0.15) is 5.10 Å². The molecule has 1 fully saturated rings. The van der Waals surface area contributed by atoms with Crippen LogP contribution in [0, 0.1) is 11.7 Å². The van der Waals surface area contributed by atoms with E-state index in [0.29, 0.717) is 37.2 Å². The Hall–Kier alpha value is -3.46. The maximum atomic E-state index is 13.9. The summed E-state index contributed by atoms with van der Waals surface area (Å²) in [5, 5.41) is 15.6. The molecule has 1 aliphatic carbocycles. The first kappa shape index (κ1) is 25.2. The van der Waals surface area contributed by atoms with Gasteiger partial charge in [-0.3, -0.25) is 4.90 Å². The lowest BCUT2D eigenvalue weighted by Gasteiger charge is -2.25. The SMILES string of the molecule is Cn1nc(-c2ccccc2)c(CN(CC(O)COCc2ccco2)CC2CC2)c1Oc1cccc(F)c1. The summed E-state index contributed by atoms with van der Waals surface area (Å²) in [6, 6.07) is 19.7. The fourth-order valence-corrected chi connectivity index (χ4v) is 4.43. The molecule has 0 spiro atoms. The lowest BCUT2D eigenvalue weighted by molar-refractivity contribution is 0.00311. The van der Waals surface area contributed by atoms with Crippen molar-refractivity contribution < 1.29 is 23.4 Å². The van der Waals surface area contributed by atoms with Crippen molar-refractivity contribution in [1.29, 1.82) is 0 Å². The minimum absolute atomic E-state index is 0.201. The molecular weight excluding hydrogens is 473 g/mol. The third kappa shape index (κ3) is 6.85. The van der Waals surface area contributed by atoms with Crippen molar-refractivity contribution in [2.75, 3.05) is 19.7 Å². The number of aliphatic hydroxyl groups excluding tert-OH is 1. The maximum absolute atomic E-state index is 13.9. The van der Waals surface area contributed by atoms with Gasteiger partial charge in [0.15, 0.2) is 0 Å². The molecule has 1 aliphatic rings. The van der Waals surface area contributed by atoms with Crippen molar-refractivity contribution in [1.82, 2.24) is 14.7 Å². The van der Waals surface area contributed by atoms with Gasteiger partial charge in [-0.15, -0.1) is 0 Å². The Morgan fingerprint density at radius 1 is 1.14 bits per heavy atom. The van der Waals surface area contributed by atoms with Crippen LogP contribution >= 0.6 is 0 Å². The summed E-state index contributed by atoms with van der Waals surface area (Å²) in [7, 11) is 1.83. The molecule has 0 amide bonds. The normalized spacial score (nSPS) is 14.3. The molecule has 1 atom stereocenters. The van der Waals surface area contributed by atoms with Crippen LogP contribution in [0.3, 0.4) is 0 Å². The smallest absolute Gasteiger partial charge is 0.222 e. The largest absolute Gasteiger partial charge is 0.467 e. The summed E-state index contributed by atoms with van der Waals surface area (Å²) >= 11 is 0.